The number of aromatic nitrogens is 3. The number of hydrogen-bond donors (Lipinski definition) is 3. The first-order valence-corrected chi connectivity index (χ1v) is 8.53. The van der Waals surface area contributed by atoms with Crippen molar-refractivity contribution in [3.63, 3.8) is 0 Å². The van der Waals surface area contributed by atoms with Crippen molar-refractivity contribution >= 4 is 22.8 Å². The van der Waals surface area contributed by atoms with Crippen molar-refractivity contribution in [2.75, 3.05) is 18.4 Å². The summed E-state index contributed by atoms with van der Waals surface area (Å²) in [5.74, 6) is 0.701. The molecule has 0 fully saturated rings. The number of fused-ring (bicyclic) bond motifs is 1. The number of para-hydroxylation sites is 1. The molecule has 3 rings (SSSR count). The molecule has 6 heteroatoms. The normalized spacial score (nSPS) is 11.0. The highest BCUT2D eigenvalue weighted by Gasteiger charge is 2.09. The Bertz CT molecular complexity index is 856. The first-order chi connectivity index (χ1) is 12.1. The molecule has 0 radical (unpaired) electrons. The molecular formula is C19H23N5O. The lowest BCUT2D eigenvalue weighted by Crippen LogP contribution is -2.28. The lowest BCUT2D eigenvalue weighted by Gasteiger charge is -2.08. The summed E-state index contributed by atoms with van der Waals surface area (Å²) in [6.45, 7) is 5.43. The van der Waals surface area contributed by atoms with Crippen LogP contribution in [-0.4, -0.2) is 33.9 Å². The van der Waals surface area contributed by atoms with Gasteiger partial charge in [0.05, 0.1) is 0 Å². The van der Waals surface area contributed by atoms with Crippen LogP contribution in [0.3, 0.4) is 0 Å². The van der Waals surface area contributed by atoms with Gasteiger partial charge in [-0.15, -0.1) is 0 Å². The van der Waals surface area contributed by atoms with Gasteiger partial charge in [-0.25, -0.2) is 9.97 Å². The Morgan fingerprint density at radius 3 is 2.92 bits per heavy atom. The third-order valence-electron chi connectivity index (χ3n) is 3.91. The summed E-state index contributed by atoms with van der Waals surface area (Å²) in [6.07, 6.45) is 4.48. The molecule has 0 spiro atoms. The molecule has 0 aliphatic rings. The first-order valence-electron chi connectivity index (χ1n) is 8.53. The highest BCUT2D eigenvalue weighted by molar-refractivity contribution is 5.92. The summed E-state index contributed by atoms with van der Waals surface area (Å²) >= 11 is 0. The average Bonchev–Trinajstić information content (AvgIpc) is 3.03. The molecule has 0 saturated heterocycles. The molecule has 3 N–H and O–H groups in total. The van der Waals surface area contributed by atoms with Gasteiger partial charge in [0.15, 0.2) is 0 Å². The largest absolute Gasteiger partial charge is 0.361 e. The van der Waals surface area contributed by atoms with Crippen LogP contribution in [0.4, 0.5) is 5.95 Å². The fourth-order valence-electron chi connectivity index (χ4n) is 2.61. The van der Waals surface area contributed by atoms with E-state index in [4.69, 9.17) is 0 Å². The van der Waals surface area contributed by atoms with E-state index in [1.165, 1.54) is 10.9 Å². The van der Waals surface area contributed by atoms with Crippen molar-refractivity contribution in [1.82, 2.24) is 20.3 Å². The molecule has 0 saturated carbocycles. The molecule has 1 aromatic carbocycles. The van der Waals surface area contributed by atoms with E-state index in [1.54, 1.807) is 12.3 Å². The lowest BCUT2D eigenvalue weighted by atomic mass is 10.1. The molecule has 0 unspecified atom stereocenters. The third-order valence-corrected chi connectivity index (χ3v) is 3.91. The zero-order chi connectivity index (χ0) is 17.6. The standard InChI is InChI=1S/C19H23N5O/c1-13(2)11-23-18(25)17-8-10-21-19(24-17)20-9-7-14-12-22-16-6-4-3-5-15(14)16/h3-6,8,10,12-13,22H,7,9,11H2,1-2H3,(H,23,25)(H,20,21,24). The van der Waals surface area contributed by atoms with E-state index in [1.807, 2.05) is 18.3 Å². The van der Waals surface area contributed by atoms with E-state index >= 15 is 0 Å². The van der Waals surface area contributed by atoms with Crippen molar-refractivity contribution < 1.29 is 4.79 Å². The second-order valence-corrected chi connectivity index (χ2v) is 6.41. The van der Waals surface area contributed by atoms with Crippen LogP contribution in [0, 0.1) is 5.92 Å². The van der Waals surface area contributed by atoms with Crippen LogP contribution >= 0.6 is 0 Å². The van der Waals surface area contributed by atoms with E-state index < -0.39 is 0 Å². The highest BCUT2D eigenvalue weighted by Crippen LogP contribution is 2.18. The minimum absolute atomic E-state index is 0.171. The maximum absolute atomic E-state index is 12.1. The fraction of sp³-hybridized carbons (Fsp3) is 0.316. The number of benzene rings is 1. The molecular weight excluding hydrogens is 314 g/mol. The van der Waals surface area contributed by atoms with Crippen molar-refractivity contribution in [1.29, 1.82) is 0 Å². The monoisotopic (exact) mass is 337 g/mol. The van der Waals surface area contributed by atoms with E-state index in [0.717, 1.165) is 11.9 Å². The summed E-state index contributed by atoms with van der Waals surface area (Å²) in [7, 11) is 0. The van der Waals surface area contributed by atoms with Gasteiger partial charge in [0.2, 0.25) is 5.95 Å². The van der Waals surface area contributed by atoms with Crippen LogP contribution in [0.1, 0.15) is 29.9 Å². The molecule has 2 heterocycles. The van der Waals surface area contributed by atoms with Gasteiger partial charge >= 0.3 is 0 Å². The second kappa shape index (κ2) is 7.79. The number of nitrogens with one attached hydrogen (secondary N) is 3. The smallest absolute Gasteiger partial charge is 0.270 e. The zero-order valence-electron chi connectivity index (χ0n) is 14.5. The van der Waals surface area contributed by atoms with Crippen LogP contribution in [0.15, 0.2) is 42.7 Å². The van der Waals surface area contributed by atoms with E-state index in [-0.39, 0.29) is 5.91 Å². The van der Waals surface area contributed by atoms with Gasteiger partial charge in [-0.2, -0.15) is 0 Å². The molecule has 6 nitrogen and oxygen atoms in total. The number of carbonyl (C=O) groups is 1. The highest BCUT2D eigenvalue weighted by atomic mass is 16.1. The second-order valence-electron chi connectivity index (χ2n) is 6.41. The summed E-state index contributed by atoms with van der Waals surface area (Å²) in [5.41, 5.74) is 2.76. The summed E-state index contributed by atoms with van der Waals surface area (Å²) in [5, 5.41) is 7.28. The first kappa shape index (κ1) is 17.0. The predicted molar refractivity (Wildman–Crippen MR) is 99.7 cm³/mol. The fourth-order valence-corrected chi connectivity index (χ4v) is 2.61. The third kappa shape index (κ3) is 4.35. The number of amides is 1. The van der Waals surface area contributed by atoms with Gasteiger partial charge in [0.1, 0.15) is 5.69 Å². The Balaban J connectivity index is 1.58. The van der Waals surface area contributed by atoms with Crippen LogP contribution in [-0.2, 0) is 6.42 Å². The minimum atomic E-state index is -0.171. The van der Waals surface area contributed by atoms with E-state index in [9.17, 15) is 4.79 Å². The van der Waals surface area contributed by atoms with Gasteiger partial charge in [-0.3, -0.25) is 4.79 Å². The molecule has 0 atom stereocenters. The summed E-state index contributed by atoms with van der Waals surface area (Å²) in [6, 6.07) is 9.85. The van der Waals surface area contributed by atoms with Crippen molar-refractivity contribution in [3.8, 4) is 0 Å². The summed E-state index contributed by atoms with van der Waals surface area (Å²) in [4.78, 5) is 23.8. The SMILES string of the molecule is CC(C)CNC(=O)c1ccnc(NCCc2c[nH]c3ccccc23)n1. The zero-order valence-corrected chi connectivity index (χ0v) is 14.5. The predicted octanol–water partition coefficient (Wildman–Crippen LogP) is 3.00. The minimum Gasteiger partial charge on any atom is -0.361 e. The van der Waals surface area contributed by atoms with Gasteiger partial charge in [-0.05, 0) is 30.0 Å². The quantitative estimate of drug-likeness (QED) is 0.619. The number of carbonyl (C=O) groups excluding carboxylic acids is 1. The number of anilines is 1. The molecule has 130 valence electrons. The summed E-state index contributed by atoms with van der Waals surface area (Å²) < 4.78 is 0. The molecule has 25 heavy (non-hydrogen) atoms. The maximum Gasteiger partial charge on any atom is 0.270 e. The van der Waals surface area contributed by atoms with Crippen LogP contribution in [0.25, 0.3) is 10.9 Å². The molecule has 2 aromatic heterocycles. The topological polar surface area (TPSA) is 82.7 Å². The molecule has 0 bridgehead atoms. The van der Waals surface area contributed by atoms with Crippen molar-refractivity contribution in [3.05, 3.63) is 54.0 Å². The van der Waals surface area contributed by atoms with Crippen molar-refractivity contribution in [2.45, 2.75) is 20.3 Å². The molecule has 0 aliphatic carbocycles. The number of H-pyrrole nitrogens is 1. The number of aromatic amines is 1. The van der Waals surface area contributed by atoms with E-state index in [2.05, 4.69) is 51.6 Å². The van der Waals surface area contributed by atoms with Gasteiger partial charge < -0.3 is 15.6 Å². The molecule has 3 aromatic rings. The Morgan fingerprint density at radius 1 is 1.24 bits per heavy atom. The van der Waals surface area contributed by atoms with Gasteiger partial charge in [0, 0.05) is 36.4 Å². The Hall–Kier alpha value is -2.89. The van der Waals surface area contributed by atoms with Crippen LogP contribution < -0.4 is 10.6 Å². The van der Waals surface area contributed by atoms with Gasteiger partial charge in [-0.1, -0.05) is 32.0 Å². The van der Waals surface area contributed by atoms with Gasteiger partial charge in [0.25, 0.3) is 5.91 Å². The number of hydrogen-bond acceptors (Lipinski definition) is 4. The molecule has 0 aliphatic heterocycles. The Morgan fingerprint density at radius 2 is 2.08 bits per heavy atom. The Kier molecular flexibility index (Phi) is 5.28. The number of nitrogens with zero attached hydrogens (tertiary/aromatic N) is 2. The van der Waals surface area contributed by atoms with Crippen molar-refractivity contribution in [2.24, 2.45) is 5.92 Å². The Labute approximate surface area is 147 Å². The number of rotatable bonds is 7. The van der Waals surface area contributed by atoms with Crippen LogP contribution in [0.5, 0.6) is 0 Å². The average molecular weight is 337 g/mol. The van der Waals surface area contributed by atoms with E-state index in [0.29, 0.717) is 30.6 Å². The molecule has 1 amide bonds. The maximum atomic E-state index is 12.1. The van der Waals surface area contributed by atoms with Crippen LogP contribution in [0.2, 0.25) is 0 Å². The lowest BCUT2D eigenvalue weighted by molar-refractivity contribution is 0.0944.